The minimum Gasteiger partial charge on any atom is -0.492 e. The molecule has 1 rings (SSSR count). The Morgan fingerprint density at radius 3 is 2.65 bits per heavy atom. The molecule has 6 nitrogen and oxygen atoms in total. The lowest BCUT2D eigenvalue weighted by molar-refractivity contribution is -0.139. The summed E-state index contributed by atoms with van der Waals surface area (Å²) in [6.07, 6.45) is 0.590. The molecule has 23 heavy (non-hydrogen) atoms. The first-order valence-electron chi connectivity index (χ1n) is 7.25. The molecule has 0 aliphatic carbocycles. The van der Waals surface area contributed by atoms with Crippen LogP contribution in [0, 0.1) is 0 Å². The highest BCUT2D eigenvalue weighted by atomic mass is 79.9. The molecule has 0 radical (unpaired) electrons. The lowest BCUT2D eigenvalue weighted by Gasteiger charge is -2.28. The van der Waals surface area contributed by atoms with Gasteiger partial charge in [0.05, 0.1) is 29.6 Å². The Labute approximate surface area is 144 Å². The van der Waals surface area contributed by atoms with Gasteiger partial charge in [-0.15, -0.1) is 0 Å². The zero-order valence-electron chi connectivity index (χ0n) is 13.3. The van der Waals surface area contributed by atoms with Crippen molar-refractivity contribution in [2.24, 2.45) is 0 Å². The molecule has 0 bridgehead atoms. The van der Waals surface area contributed by atoms with Gasteiger partial charge in [-0.05, 0) is 41.4 Å². The van der Waals surface area contributed by atoms with E-state index < -0.39 is 11.5 Å². The second-order valence-electron chi connectivity index (χ2n) is 5.49. The summed E-state index contributed by atoms with van der Waals surface area (Å²) in [6.45, 7) is 2.19. The van der Waals surface area contributed by atoms with Gasteiger partial charge >= 0.3 is 5.97 Å². The van der Waals surface area contributed by atoms with Gasteiger partial charge in [0.25, 0.3) is 0 Å². The van der Waals surface area contributed by atoms with Gasteiger partial charge in [-0.25, -0.2) is 0 Å². The monoisotopic (exact) mass is 387 g/mol. The van der Waals surface area contributed by atoms with E-state index in [0.29, 0.717) is 13.0 Å². The van der Waals surface area contributed by atoms with E-state index in [1.54, 1.807) is 6.92 Å². The molecule has 128 valence electrons. The fourth-order valence-corrected chi connectivity index (χ4v) is 2.56. The van der Waals surface area contributed by atoms with E-state index in [-0.39, 0.29) is 25.4 Å². The van der Waals surface area contributed by atoms with Crippen molar-refractivity contribution < 1.29 is 24.2 Å². The quantitative estimate of drug-likeness (QED) is 0.602. The van der Waals surface area contributed by atoms with Crippen LogP contribution < -0.4 is 10.1 Å². The smallest absolute Gasteiger partial charge is 0.305 e. The first-order valence-corrected chi connectivity index (χ1v) is 8.05. The van der Waals surface area contributed by atoms with Crippen LogP contribution in [0.25, 0.3) is 0 Å². The number of carboxylic acid groups (broad SMARTS) is 1. The van der Waals surface area contributed by atoms with Crippen molar-refractivity contribution in [2.45, 2.75) is 31.7 Å². The standard InChI is InChI=1S/C16H22BrNO5/c1-16(11-22-2,10-15(20)21)18-14(19)8-5-9-23-13-7-4-3-6-12(13)17/h3-4,6-7H,5,8-11H2,1-2H3,(H,18,19)(H,20,21). The van der Waals surface area contributed by atoms with Gasteiger partial charge in [0.2, 0.25) is 5.91 Å². The number of ether oxygens (including phenoxy) is 2. The highest BCUT2D eigenvalue weighted by molar-refractivity contribution is 9.10. The van der Waals surface area contributed by atoms with Gasteiger partial charge in [0.15, 0.2) is 0 Å². The van der Waals surface area contributed by atoms with Crippen molar-refractivity contribution in [1.82, 2.24) is 5.32 Å². The van der Waals surface area contributed by atoms with E-state index in [0.717, 1.165) is 10.2 Å². The number of methoxy groups -OCH3 is 1. The van der Waals surface area contributed by atoms with Crippen molar-refractivity contribution in [3.8, 4) is 5.75 Å². The predicted octanol–water partition coefficient (Wildman–Crippen LogP) is 2.60. The maximum absolute atomic E-state index is 12.0. The van der Waals surface area contributed by atoms with Gasteiger partial charge in [-0.2, -0.15) is 0 Å². The number of amides is 1. The fraction of sp³-hybridized carbons (Fsp3) is 0.500. The number of para-hydroxylation sites is 1. The molecule has 0 fully saturated rings. The van der Waals surface area contributed by atoms with Gasteiger partial charge in [0, 0.05) is 13.5 Å². The normalized spacial score (nSPS) is 13.2. The molecule has 1 amide bonds. The van der Waals surface area contributed by atoms with Crippen LogP contribution in [-0.4, -0.2) is 42.8 Å². The van der Waals surface area contributed by atoms with Gasteiger partial charge in [0.1, 0.15) is 5.75 Å². The van der Waals surface area contributed by atoms with Crippen molar-refractivity contribution >= 4 is 27.8 Å². The van der Waals surface area contributed by atoms with Gasteiger partial charge < -0.3 is 19.9 Å². The Kier molecular flexibility index (Phi) is 8.05. The third-order valence-corrected chi connectivity index (χ3v) is 3.74. The highest BCUT2D eigenvalue weighted by Crippen LogP contribution is 2.23. The van der Waals surface area contributed by atoms with Crippen LogP contribution in [0.5, 0.6) is 5.75 Å². The van der Waals surface area contributed by atoms with E-state index >= 15 is 0 Å². The molecule has 0 saturated carbocycles. The average Bonchev–Trinajstić information content (AvgIpc) is 2.44. The molecule has 7 heteroatoms. The third kappa shape index (κ3) is 7.47. The number of carboxylic acids is 1. The molecule has 0 aromatic heterocycles. The van der Waals surface area contributed by atoms with Crippen LogP contribution in [0.3, 0.4) is 0 Å². The third-order valence-electron chi connectivity index (χ3n) is 3.09. The second-order valence-corrected chi connectivity index (χ2v) is 6.35. The molecule has 1 atom stereocenters. The average molecular weight is 388 g/mol. The van der Waals surface area contributed by atoms with Crippen molar-refractivity contribution in [1.29, 1.82) is 0 Å². The van der Waals surface area contributed by atoms with E-state index in [1.165, 1.54) is 7.11 Å². The van der Waals surface area contributed by atoms with E-state index in [2.05, 4.69) is 21.2 Å². The summed E-state index contributed by atoms with van der Waals surface area (Å²) in [6, 6.07) is 7.48. The van der Waals surface area contributed by atoms with Crippen LogP contribution in [0.15, 0.2) is 28.7 Å². The van der Waals surface area contributed by atoms with Crippen LogP contribution in [0.2, 0.25) is 0 Å². The number of carbonyl (C=O) groups excluding carboxylic acids is 1. The summed E-state index contributed by atoms with van der Waals surface area (Å²) in [5.74, 6) is -0.480. The number of hydrogen-bond donors (Lipinski definition) is 2. The molecule has 0 aliphatic rings. The lowest BCUT2D eigenvalue weighted by atomic mass is 9.98. The predicted molar refractivity (Wildman–Crippen MR) is 89.5 cm³/mol. The van der Waals surface area contributed by atoms with E-state index in [9.17, 15) is 9.59 Å². The number of aliphatic carboxylic acids is 1. The summed E-state index contributed by atoms with van der Waals surface area (Å²) in [7, 11) is 1.47. The Balaban J connectivity index is 2.38. The Hall–Kier alpha value is -1.60. The number of carbonyl (C=O) groups is 2. The largest absolute Gasteiger partial charge is 0.492 e. The number of rotatable bonds is 10. The zero-order valence-corrected chi connectivity index (χ0v) is 14.9. The van der Waals surface area contributed by atoms with Crippen LogP contribution in [0.1, 0.15) is 26.2 Å². The molecule has 0 aliphatic heterocycles. The van der Waals surface area contributed by atoms with Crippen molar-refractivity contribution in [3.63, 3.8) is 0 Å². The summed E-state index contributed by atoms with van der Waals surface area (Å²) in [4.78, 5) is 22.9. The Morgan fingerprint density at radius 2 is 2.04 bits per heavy atom. The minimum atomic E-state index is -0.984. The zero-order chi connectivity index (χ0) is 17.3. The number of halogens is 1. The number of nitrogens with one attached hydrogen (secondary N) is 1. The minimum absolute atomic E-state index is 0.137. The fourth-order valence-electron chi connectivity index (χ4n) is 2.16. The number of hydrogen-bond acceptors (Lipinski definition) is 4. The van der Waals surface area contributed by atoms with E-state index in [1.807, 2.05) is 24.3 Å². The molecule has 0 heterocycles. The Morgan fingerprint density at radius 1 is 1.35 bits per heavy atom. The van der Waals surface area contributed by atoms with Crippen LogP contribution in [-0.2, 0) is 14.3 Å². The lowest BCUT2D eigenvalue weighted by Crippen LogP contribution is -2.50. The molecular formula is C16H22BrNO5. The van der Waals surface area contributed by atoms with Crippen LogP contribution >= 0.6 is 15.9 Å². The molecule has 1 aromatic carbocycles. The molecule has 0 spiro atoms. The highest BCUT2D eigenvalue weighted by Gasteiger charge is 2.29. The number of benzene rings is 1. The maximum atomic E-state index is 12.0. The summed E-state index contributed by atoms with van der Waals surface area (Å²) in [5.41, 5.74) is -0.916. The SMILES string of the molecule is COCC(C)(CC(=O)O)NC(=O)CCCOc1ccccc1Br. The van der Waals surface area contributed by atoms with Crippen molar-refractivity contribution in [3.05, 3.63) is 28.7 Å². The molecule has 2 N–H and O–H groups in total. The summed E-state index contributed by atoms with van der Waals surface area (Å²) in [5, 5.41) is 11.6. The molecular weight excluding hydrogens is 366 g/mol. The first-order chi connectivity index (χ1) is 10.9. The summed E-state index contributed by atoms with van der Waals surface area (Å²) >= 11 is 3.38. The van der Waals surface area contributed by atoms with Gasteiger partial charge in [-0.1, -0.05) is 12.1 Å². The molecule has 0 saturated heterocycles. The topological polar surface area (TPSA) is 84.9 Å². The second kappa shape index (κ2) is 9.52. The Bertz CT molecular complexity index is 537. The molecule has 1 unspecified atom stereocenters. The maximum Gasteiger partial charge on any atom is 0.305 e. The van der Waals surface area contributed by atoms with E-state index in [4.69, 9.17) is 14.6 Å². The molecule has 1 aromatic rings. The van der Waals surface area contributed by atoms with Gasteiger partial charge in [-0.3, -0.25) is 9.59 Å². The summed E-state index contributed by atoms with van der Waals surface area (Å²) < 4.78 is 11.4. The van der Waals surface area contributed by atoms with Crippen molar-refractivity contribution in [2.75, 3.05) is 20.3 Å². The van der Waals surface area contributed by atoms with Crippen LogP contribution in [0.4, 0.5) is 0 Å². The first kappa shape index (κ1) is 19.4.